The normalized spacial score (nSPS) is 10.8. The number of esters is 1. The molecule has 0 spiro atoms. The number of carbonyl (C=O) groups excluding carboxylic acids is 2. The topological polar surface area (TPSA) is 120 Å². The molecule has 0 fully saturated rings. The number of anilines is 2. The predicted molar refractivity (Wildman–Crippen MR) is 113 cm³/mol. The Hall–Kier alpha value is -3.62. The molecule has 9 heteroatoms. The molecule has 0 heterocycles. The third-order valence-electron chi connectivity index (χ3n) is 4.38. The molecule has 0 bridgehead atoms. The van der Waals surface area contributed by atoms with Crippen molar-refractivity contribution in [2.75, 3.05) is 31.4 Å². The largest absolute Gasteiger partial charge is 0.495 e. The molecule has 0 aliphatic rings. The maximum Gasteiger partial charge on any atom is 0.341 e. The summed E-state index contributed by atoms with van der Waals surface area (Å²) in [6.45, 7) is 5.56. The first-order chi connectivity index (χ1) is 14.1. The number of amides is 1. The Kier molecular flexibility index (Phi) is 6.99. The SMILES string of the molecule is CNc1ccc([N+](=O)[O-])cc1C(=O)OCC(=O)Nc1cc(C(C)(C)C)ccc1OC. The number of benzene rings is 2. The van der Waals surface area contributed by atoms with E-state index >= 15 is 0 Å². The van der Waals surface area contributed by atoms with Crippen LogP contribution in [-0.2, 0) is 14.9 Å². The molecule has 0 unspecified atom stereocenters. The number of rotatable bonds is 7. The number of hydrogen-bond donors (Lipinski definition) is 2. The predicted octanol–water partition coefficient (Wildman–Crippen LogP) is 3.74. The number of ether oxygens (including phenoxy) is 2. The lowest BCUT2D eigenvalue weighted by molar-refractivity contribution is -0.384. The van der Waals surface area contributed by atoms with Crippen LogP contribution in [-0.4, -0.2) is 37.6 Å². The molecule has 30 heavy (non-hydrogen) atoms. The lowest BCUT2D eigenvalue weighted by Gasteiger charge is -2.21. The Bertz CT molecular complexity index is 966. The molecule has 0 atom stereocenters. The van der Waals surface area contributed by atoms with E-state index in [0.717, 1.165) is 11.6 Å². The number of nitro groups is 1. The number of nitro benzene ring substituents is 1. The van der Waals surface area contributed by atoms with Crippen molar-refractivity contribution in [3.05, 3.63) is 57.6 Å². The summed E-state index contributed by atoms with van der Waals surface area (Å²) in [4.78, 5) is 35.1. The summed E-state index contributed by atoms with van der Waals surface area (Å²) in [5.41, 5.74) is 1.37. The number of hydrogen-bond acceptors (Lipinski definition) is 7. The summed E-state index contributed by atoms with van der Waals surface area (Å²) >= 11 is 0. The van der Waals surface area contributed by atoms with E-state index in [-0.39, 0.29) is 16.7 Å². The Morgan fingerprint density at radius 1 is 1.10 bits per heavy atom. The van der Waals surface area contributed by atoms with Crippen LogP contribution < -0.4 is 15.4 Å². The first-order valence-electron chi connectivity index (χ1n) is 9.18. The molecule has 0 saturated heterocycles. The molecule has 160 valence electrons. The Labute approximate surface area is 174 Å². The quantitative estimate of drug-likeness (QED) is 0.401. The summed E-state index contributed by atoms with van der Waals surface area (Å²) in [5, 5.41) is 16.4. The van der Waals surface area contributed by atoms with E-state index < -0.39 is 23.4 Å². The molecule has 2 aromatic carbocycles. The minimum Gasteiger partial charge on any atom is -0.495 e. The van der Waals surface area contributed by atoms with Crippen LogP contribution in [0.15, 0.2) is 36.4 Å². The second kappa shape index (κ2) is 9.25. The van der Waals surface area contributed by atoms with Crippen molar-refractivity contribution in [2.45, 2.75) is 26.2 Å². The Balaban J connectivity index is 2.12. The Morgan fingerprint density at radius 2 is 1.80 bits per heavy atom. The molecule has 2 N–H and O–H groups in total. The summed E-state index contributed by atoms with van der Waals surface area (Å²) in [5.74, 6) is -0.948. The van der Waals surface area contributed by atoms with Gasteiger partial charge in [0.15, 0.2) is 6.61 Å². The van der Waals surface area contributed by atoms with Crippen molar-refractivity contribution in [1.82, 2.24) is 0 Å². The number of methoxy groups -OCH3 is 1. The van der Waals surface area contributed by atoms with Crippen molar-refractivity contribution >= 4 is 28.9 Å². The summed E-state index contributed by atoms with van der Waals surface area (Å²) in [7, 11) is 3.06. The maximum absolute atomic E-state index is 12.4. The molecular weight excluding hydrogens is 390 g/mol. The summed E-state index contributed by atoms with van der Waals surface area (Å²) in [6.07, 6.45) is 0. The second-order valence-electron chi connectivity index (χ2n) is 7.53. The smallest absolute Gasteiger partial charge is 0.341 e. The van der Waals surface area contributed by atoms with Gasteiger partial charge in [-0.2, -0.15) is 0 Å². The molecule has 0 saturated carbocycles. The van der Waals surface area contributed by atoms with Crippen LogP contribution in [0.4, 0.5) is 17.1 Å². The van der Waals surface area contributed by atoms with Gasteiger partial charge < -0.3 is 20.1 Å². The zero-order valence-electron chi connectivity index (χ0n) is 17.6. The van der Waals surface area contributed by atoms with Crippen molar-refractivity contribution in [3.8, 4) is 5.75 Å². The second-order valence-corrected chi connectivity index (χ2v) is 7.53. The number of non-ortho nitro benzene ring substituents is 1. The van der Waals surface area contributed by atoms with E-state index in [1.165, 1.54) is 19.2 Å². The van der Waals surface area contributed by atoms with Gasteiger partial charge in [-0.05, 0) is 29.2 Å². The van der Waals surface area contributed by atoms with Gasteiger partial charge in [0.1, 0.15) is 5.75 Å². The zero-order valence-corrected chi connectivity index (χ0v) is 17.6. The lowest BCUT2D eigenvalue weighted by Crippen LogP contribution is -2.22. The zero-order chi connectivity index (χ0) is 22.5. The van der Waals surface area contributed by atoms with Gasteiger partial charge in [-0.3, -0.25) is 14.9 Å². The minimum atomic E-state index is -0.853. The van der Waals surface area contributed by atoms with Gasteiger partial charge in [0, 0.05) is 24.9 Å². The third kappa shape index (κ3) is 5.47. The average Bonchev–Trinajstić information content (AvgIpc) is 2.70. The van der Waals surface area contributed by atoms with Crippen LogP contribution in [0.2, 0.25) is 0 Å². The monoisotopic (exact) mass is 415 g/mol. The molecule has 2 aromatic rings. The number of nitrogens with one attached hydrogen (secondary N) is 2. The molecule has 0 aliphatic heterocycles. The first kappa shape index (κ1) is 22.7. The maximum atomic E-state index is 12.4. The Morgan fingerprint density at radius 3 is 2.37 bits per heavy atom. The van der Waals surface area contributed by atoms with Crippen molar-refractivity contribution in [1.29, 1.82) is 0 Å². The highest BCUT2D eigenvalue weighted by molar-refractivity contribution is 5.99. The van der Waals surface area contributed by atoms with Crippen LogP contribution in [0.25, 0.3) is 0 Å². The van der Waals surface area contributed by atoms with Crippen molar-refractivity contribution in [2.24, 2.45) is 0 Å². The molecule has 0 aliphatic carbocycles. The number of nitrogens with zero attached hydrogens (tertiary/aromatic N) is 1. The van der Waals surface area contributed by atoms with Gasteiger partial charge in [-0.15, -0.1) is 0 Å². The lowest BCUT2D eigenvalue weighted by atomic mass is 9.87. The standard InChI is InChI=1S/C21H25N3O6/c1-21(2,3)13-6-9-18(29-5)17(10-13)23-19(25)12-30-20(26)15-11-14(24(27)28)7-8-16(15)22-4/h6-11,22H,12H2,1-5H3,(H,23,25). The molecule has 0 aromatic heterocycles. The fourth-order valence-electron chi connectivity index (χ4n) is 2.70. The highest BCUT2D eigenvalue weighted by Crippen LogP contribution is 2.31. The van der Waals surface area contributed by atoms with E-state index in [1.807, 2.05) is 26.8 Å². The minimum absolute atomic E-state index is 0.0354. The van der Waals surface area contributed by atoms with Gasteiger partial charge in [0.2, 0.25) is 0 Å². The van der Waals surface area contributed by atoms with E-state index in [4.69, 9.17) is 9.47 Å². The third-order valence-corrected chi connectivity index (χ3v) is 4.38. The van der Waals surface area contributed by atoms with Gasteiger partial charge in [-0.25, -0.2) is 4.79 Å². The van der Waals surface area contributed by atoms with Crippen LogP contribution in [0.1, 0.15) is 36.7 Å². The van der Waals surface area contributed by atoms with Crippen LogP contribution in [0.5, 0.6) is 5.75 Å². The van der Waals surface area contributed by atoms with E-state index in [1.54, 1.807) is 19.2 Å². The van der Waals surface area contributed by atoms with E-state index in [9.17, 15) is 19.7 Å². The summed E-state index contributed by atoms with van der Waals surface area (Å²) in [6, 6.07) is 9.24. The van der Waals surface area contributed by atoms with E-state index in [2.05, 4.69) is 10.6 Å². The molecule has 2 rings (SSSR count). The number of carbonyl (C=O) groups is 2. The molecule has 1 amide bonds. The molecule has 9 nitrogen and oxygen atoms in total. The van der Waals surface area contributed by atoms with Crippen LogP contribution in [0, 0.1) is 10.1 Å². The van der Waals surface area contributed by atoms with Gasteiger partial charge in [0.25, 0.3) is 11.6 Å². The van der Waals surface area contributed by atoms with Crippen LogP contribution in [0.3, 0.4) is 0 Å². The van der Waals surface area contributed by atoms with Crippen molar-refractivity contribution in [3.63, 3.8) is 0 Å². The average molecular weight is 415 g/mol. The van der Waals surface area contributed by atoms with Gasteiger partial charge in [-0.1, -0.05) is 26.8 Å². The molecule has 0 radical (unpaired) electrons. The highest BCUT2D eigenvalue weighted by Gasteiger charge is 2.20. The van der Waals surface area contributed by atoms with Gasteiger partial charge in [0.05, 0.1) is 23.3 Å². The summed E-state index contributed by atoms with van der Waals surface area (Å²) < 4.78 is 10.3. The van der Waals surface area contributed by atoms with Gasteiger partial charge >= 0.3 is 5.97 Å². The van der Waals surface area contributed by atoms with E-state index in [0.29, 0.717) is 17.1 Å². The highest BCUT2D eigenvalue weighted by atomic mass is 16.6. The fraction of sp³-hybridized carbons (Fsp3) is 0.333. The fourth-order valence-corrected chi connectivity index (χ4v) is 2.70. The first-order valence-corrected chi connectivity index (χ1v) is 9.18. The van der Waals surface area contributed by atoms with Crippen LogP contribution >= 0.6 is 0 Å². The van der Waals surface area contributed by atoms with Crippen molar-refractivity contribution < 1.29 is 24.0 Å². The molecular formula is C21H25N3O6.